The Kier molecular flexibility index (Phi) is 4.68. The van der Waals surface area contributed by atoms with Crippen LogP contribution in [0.1, 0.15) is 23.4 Å². The van der Waals surface area contributed by atoms with Crippen molar-refractivity contribution in [3.05, 3.63) is 53.3 Å². The average Bonchev–Trinajstić information content (AvgIpc) is 3.39. The lowest BCUT2D eigenvalue weighted by Crippen LogP contribution is -2.61. The van der Waals surface area contributed by atoms with Crippen LogP contribution >= 0.6 is 0 Å². The van der Waals surface area contributed by atoms with Crippen LogP contribution in [0.15, 0.2) is 36.4 Å². The van der Waals surface area contributed by atoms with Crippen molar-refractivity contribution < 1.29 is 14.2 Å². The van der Waals surface area contributed by atoms with E-state index in [2.05, 4.69) is 49.7 Å². The van der Waals surface area contributed by atoms with Gasteiger partial charge >= 0.3 is 0 Å². The van der Waals surface area contributed by atoms with Gasteiger partial charge in [-0.3, -0.25) is 4.57 Å². The van der Waals surface area contributed by atoms with Crippen LogP contribution in [0.25, 0.3) is 5.69 Å². The fourth-order valence-corrected chi connectivity index (χ4v) is 4.97. The highest BCUT2D eigenvalue weighted by Gasteiger charge is 2.37. The molecule has 166 valence electrons. The summed E-state index contributed by atoms with van der Waals surface area (Å²) in [7, 11) is 1.67. The van der Waals surface area contributed by atoms with E-state index in [-0.39, 0.29) is 6.79 Å². The summed E-state index contributed by atoms with van der Waals surface area (Å²) in [4.78, 5) is 4.87. The Bertz CT molecular complexity index is 1150. The molecule has 0 N–H and O–H groups in total. The largest absolute Gasteiger partial charge is 0.454 e. The van der Waals surface area contributed by atoms with Crippen LogP contribution in [0.5, 0.6) is 11.5 Å². The first-order chi connectivity index (χ1) is 15.7. The van der Waals surface area contributed by atoms with Gasteiger partial charge in [0.1, 0.15) is 6.61 Å². The van der Waals surface area contributed by atoms with Crippen molar-refractivity contribution in [2.45, 2.75) is 32.4 Å². The molecule has 6 rings (SSSR count). The van der Waals surface area contributed by atoms with Gasteiger partial charge in [-0.05, 0) is 43.5 Å². The summed E-state index contributed by atoms with van der Waals surface area (Å²) in [5.41, 5.74) is 5.15. The number of aromatic nitrogens is 3. The van der Waals surface area contributed by atoms with Gasteiger partial charge in [0.25, 0.3) is 0 Å². The summed E-state index contributed by atoms with van der Waals surface area (Å²) in [6, 6.07) is 13.3. The Morgan fingerprint density at radius 3 is 2.81 bits per heavy atom. The third-order valence-electron chi connectivity index (χ3n) is 6.58. The summed E-state index contributed by atoms with van der Waals surface area (Å²) in [5.74, 6) is 3.11. The van der Waals surface area contributed by atoms with E-state index in [0.29, 0.717) is 12.6 Å². The molecule has 4 heterocycles. The third-order valence-corrected chi connectivity index (χ3v) is 6.58. The summed E-state index contributed by atoms with van der Waals surface area (Å²) in [5, 5.41) is 8.95. The van der Waals surface area contributed by atoms with Gasteiger partial charge in [-0.1, -0.05) is 17.7 Å². The zero-order valence-corrected chi connectivity index (χ0v) is 18.5. The van der Waals surface area contributed by atoms with Crippen molar-refractivity contribution in [1.29, 1.82) is 0 Å². The highest BCUT2D eigenvalue weighted by Crippen LogP contribution is 2.37. The fourth-order valence-electron chi connectivity index (χ4n) is 4.97. The number of nitrogens with zero attached hydrogens (tertiary/aromatic N) is 5. The molecule has 32 heavy (non-hydrogen) atoms. The Balaban J connectivity index is 1.27. The maximum absolute atomic E-state index is 5.59. The molecule has 3 aliphatic heterocycles. The molecule has 8 heteroatoms. The minimum Gasteiger partial charge on any atom is -0.454 e. The molecule has 1 fully saturated rings. The molecule has 2 aromatic carbocycles. The van der Waals surface area contributed by atoms with Gasteiger partial charge in [0.15, 0.2) is 17.3 Å². The number of anilines is 2. The molecule has 3 aromatic rings. The average molecular weight is 434 g/mol. The van der Waals surface area contributed by atoms with Crippen LogP contribution in [-0.2, 0) is 17.8 Å². The molecule has 0 amide bonds. The molecular formula is C24H27N5O3. The minimum absolute atomic E-state index is 0.253. The Morgan fingerprint density at radius 1 is 1.06 bits per heavy atom. The molecule has 1 aromatic heterocycles. The SMILES string of the molecule is COCc1nnc(N2CC(N3CCCc4cc(C)ccc43)C2)n1-c1ccc2c(c1)OCO2. The maximum atomic E-state index is 5.59. The van der Waals surface area contributed by atoms with Gasteiger partial charge in [-0.25, -0.2) is 0 Å². The summed E-state index contributed by atoms with van der Waals surface area (Å²) >= 11 is 0. The molecule has 3 aliphatic rings. The molecule has 0 unspecified atom stereocenters. The minimum atomic E-state index is 0.253. The smallest absolute Gasteiger partial charge is 0.232 e. The normalized spacial score (nSPS) is 17.4. The number of benzene rings is 2. The van der Waals surface area contributed by atoms with Gasteiger partial charge < -0.3 is 24.0 Å². The first-order valence-corrected chi connectivity index (χ1v) is 11.2. The predicted octanol–water partition coefficient (Wildman–Crippen LogP) is 3.09. The van der Waals surface area contributed by atoms with Gasteiger partial charge in [-0.15, -0.1) is 10.2 Å². The van der Waals surface area contributed by atoms with Crippen LogP contribution < -0.4 is 19.3 Å². The fraction of sp³-hybridized carbons (Fsp3) is 0.417. The molecular weight excluding hydrogens is 406 g/mol. The molecule has 0 spiro atoms. The highest BCUT2D eigenvalue weighted by atomic mass is 16.7. The molecule has 0 aliphatic carbocycles. The zero-order chi connectivity index (χ0) is 21.7. The maximum Gasteiger partial charge on any atom is 0.232 e. The van der Waals surface area contributed by atoms with Crippen LogP contribution in [0.2, 0.25) is 0 Å². The van der Waals surface area contributed by atoms with Crippen molar-refractivity contribution >= 4 is 11.6 Å². The van der Waals surface area contributed by atoms with Crippen LogP contribution in [0.4, 0.5) is 11.6 Å². The van der Waals surface area contributed by atoms with Crippen LogP contribution in [0.3, 0.4) is 0 Å². The Hall–Kier alpha value is -3.26. The van der Waals surface area contributed by atoms with Crippen molar-refractivity contribution in [2.75, 3.05) is 43.3 Å². The second-order valence-corrected chi connectivity index (χ2v) is 8.71. The Labute approximate surface area is 187 Å². The van der Waals surface area contributed by atoms with Gasteiger partial charge in [-0.2, -0.15) is 0 Å². The summed E-state index contributed by atoms with van der Waals surface area (Å²) in [6.07, 6.45) is 2.38. The van der Waals surface area contributed by atoms with E-state index in [9.17, 15) is 0 Å². The quantitative estimate of drug-likeness (QED) is 0.613. The first-order valence-electron chi connectivity index (χ1n) is 11.2. The Morgan fingerprint density at radius 2 is 1.94 bits per heavy atom. The van der Waals surface area contributed by atoms with Crippen LogP contribution in [0, 0.1) is 6.92 Å². The van der Waals surface area contributed by atoms with Crippen molar-refractivity contribution in [2.24, 2.45) is 0 Å². The molecule has 8 nitrogen and oxygen atoms in total. The molecule has 0 atom stereocenters. The lowest BCUT2D eigenvalue weighted by molar-refractivity contribution is 0.173. The number of hydrogen-bond acceptors (Lipinski definition) is 7. The summed E-state index contributed by atoms with van der Waals surface area (Å²) in [6.45, 7) is 5.76. The van der Waals surface area contributed by atoms with E-state index in [4.69, 9.17) is 14.2 Å². The van der Waals surface area contributed by atoms with E-state index in [0.717, 1.165) is 48.6 Å². The lowest BCUT2D eigenvalue weighted by Gasteiger charge is -2.48. The van der Waals surface area contributed by atoms with E-state index in [1.54, 1.807) is 7.11 Å². The standard InChI is InChI=1S/C24H27N5O3/c1-16-5-7-20-17(10-16)4-3-9-28(20)19-12-27(13-19)24-26-25-23(14-30-2)29(24)18-6-8-21-22(11-18)32-15-31-21/h5-8,10-11,19H,3-4,9,12-15H2,1-2H3. The third kappa shape index (κ3) is 3.17. The van der Waals surface area contributed by atoms with Gasteiger partial charge in [0, 0.05) is 38.5 Å². The first kappa shape index (κ1) is 19.4. The zero-order valence-electron chi connectivity index (χ0n) is 18.5. The topological polar surface area (TPSA) is 64.9 Å². The second-order valence-electron chi connectivity index (χ2n) is 8.71. The number of rotatable bonds is 5. The van der Waals surface area contributed by atoms with Crippen molar-refractivity contribution in [1.82, 2.24) is 14.8 Å². The van der Waals surface area contributed by atoms with Gasteiger partial charge in [0.2, 0.25) is 12.7 Å². The molecule has 0 saturated carbocycles. The molecule has 1 saturated heterocycles. The van der Waals surface area contributed by atoms with Gasteiger partial charge in [0.05, 0.1) is 11.7 Å². The van der Waals surface area contributed by atoms with Crippen LogP contribution in [-0.4, -0.2) is 54.3 Å². The lowest BCUT2D eigenvalue weighted by atomic mass is 9.96. The highest BCUT2D eigenvalue weighted by molar-refractivity contribution is 5.60. The van der Waals surface area contributed by atoms with E-state index < -0.39 is 0 Å². The molecule has 0 radical (unpaired) electrons. The number of ether oxygens (including phenoxy) is 3. The summed E-state index contributed by atoms with van der Waals surface area (Å²) < 4.78 is 18.5. The number of hydrogen-bond donors (Lipinski definition) is 0. The number of aryl methyl sites for hydroxylation is 2. The number of fused-ring (bicyclic) bond motifs is 2. The predicted molar refractivity (Wildman–Crippen MR) is 121 cm³/mol. The van der Waals surface area contributed by atoms with Crippen molar-refractivity contribution in [3.8, 4) is 17.2 Å². The second kappa shape index (κ2) is 7.70. The van der Waals surface area contributed by atoms with E-state index >= 15 is 0 Å². The van der Waals surface area contributed by atoms with E-state index in [1.807, 2.05) is 18.2 Å². The van der Waals surface area contributed by atoms with Crippen molar-refractivity contribution in [3.63, 3.8) is 0 Å². The molecule has 0 bridgehead atoms. The van der Waals surface area contributed by atoms with E-state index in [1.165, 1.54) is 29.7 Å². The monoisotopic (exact) mass is 433 g/mol. The number of methoxy groups -OCH3 is 1.